The molecule has 1 aromatic rings. The number of thioether (sulfide) groups is 1. The number of aromatic nitrogens is 2. The fourth-order valence-corrected chi connectivity index (χ4v) is 5.99. The van der Waals surface area contributed by atoms with Crippen LogP contribution in [-0.4, -0.2) is 22.3 Å². The van der Waals surface area contributed by atoms with E-state index < -0.39 is 0 Å². The number of nitrogens with one attached hydrogen (secondary N) is 1. The average molecular weight is 303 g/mol. The maximum absolute atomic E-state index is 4.42. The third kappa shape index (κ3) is 2.45. The predicted octanol–water partition coefficient (Wildman–Crippen LogP) is 4.22. The van der Waals surface area contributed by atoms with Gasteiger partial charge < -0.3 is 5.32 Å². The highest BCUT2D eigenvalue weighted by atomic mass is 32.2. The Kier molecular flexibility index (Phi) is 3.40. The summed E-state index contributed by atoms with van der Waals surface area (Å²) in [7, 11) is 0. The van der Waals surface area contributed by atoms with Crippen molar-refractivity contribution in [2.24, 2.45) is 23.2 Å². The van der Waals surface area contributed by atoms with Crippen molar-refractivity contribution < 1.29 is 0 Å². The summed E-state index contributed by atoms with van der Waals surface area (Å²) in [4.78, 5) is 8.69. The summed E-state index contributed by atoms with van der Waals surface area (Å²) in [5.74, 6) is 4.02. The van der Waals surface area contributed by atoms with Gasteiger partial charge in [0.05, 0.1) is 0 Å². The molecule has 0 spiro atoms. The van der Waals surface area contributed by atoms with Crippen LogP contribution in [0.15, 0.2) is 17.4 Å². The van der Waals surface area contributed by atoms with Crippen molar-refractivity contribution in [3.8, 4) is 0 Å². The van der Waals surface area contributed by atoms with E-state index in [9.17, 15) is 0 Å². The summed E-state index contributed by atoms with van der Waals surface area (Å²) in [6.45, 7) is 2.38. The minimum Gasteiger partial charge on any atom is -0.367 e. The summed E-state index contributed by atoms with van der Waals surface area (Å²) >= 11 is 1.68. The number of rotatable bonds is 4. The first-order chi connectivity index (χ1) is 10.2. The lowest BCUT2D eigenvalue weighted by Crippen LogP contribution is -2.53. The zero-order chi connectivity index (χ0) is 14.4. The molecule has 1 aromatic heterocycles. The molecule has 1 atom stereocenters. The van der Waals surface area contributed by atoms with E-state index in [0.717, 1.165) is 28.6 Å². The van der Waals surface area contributed by atoms with Gasteiger partial charge in [-0.15, -0.1) is 11.8 Å². The molecule has 4 saturated carbocycles. The molecule has 5 rings (SSSR count). The molecule has 114 valence electrons. The minimum atomic E-state index is 0.524. The Hall–Kier alpha value is -0.770. The highest BCUT2D eigenvalue weighted by Gasteiger charge is 2.53. The molecule has 4 fully saturated rings. The van der Waals surface area contributed by atoms with Crippen molar-refractivity contribution in [1.29, 1.82) is 0 Å². The van der Waals surface area contributed by atoms with Crippen LogP contribution in [0.5, 0.6) is 0 Å². The number of hydrogen-bond acceptors (Lipinski definition) is 4. The minimum absolute atomic E-state index is 0.524. The summed E-state index contributed by atoms with van der Waals surface area (Å²) in [5.41, 5.74) is 0.527. The molecule has 0 amide bonds. The van der Waals surface area contributed by atoms with Gasteiger partial charge in [-0.3, -0.25) is 0 Å². The molecule has 0 aliphatic heterocycles. The topological polar surface area (TPSA) is 37.8 Å². The normalized spacial score (nSPS) is 38.5. The first kappa shape index (κ1) is 13.9. The van der Waals surface area contributed by atoms with Gasteiger partial charge in [0.25, 0.3) is 0 Å². The van der Waals surface area contributed by atoms with Crippen LogP contribution in [0, 0.1) is 23.2 Å². The maximum atomic E-state index is 4.42. The monoisotopic (exact) mass is 303 g/mol. The van der Waals surface area contributed by atoms with E-state index in [-0.39, 0.29) is 0 Å². The first-order valence-electron chi connectivity index (χ1n) is 8.29. The Bertz CT molecular complexity index is 495. The lowest BCUT2D eigenvalue weighted by atomic mass is 9.48. The van der Waals surface area contributed by atoms with Gasteiger partial charge in [0, 0.05) is 12.1 Å². The summed E-state index contributed by atoms with van der Waals surface area (Å²) in [5, 5.41) is 4.76. The molecule has 4 heteroatoms. The molecule has 21 heavy (non-hydrogen) atoms. The molecule has 0 aromatic carbocycles. The second-order valence-electron chi connectivity index (χ2n) is 7.59. The van der Waals surface area contributed by atoms with Crippen LogP contribution in [0.3, 0.4) is 0 Å². The maximum Gasteiger partial charge on any atom is 0.130 e. The highest BCUT2D eigenvalue weighted by molar-refractivity contribution is 7.98. The molecule has 3 nitrogen and oxygen atoms in total. The van der Waals surface area contributed by atoms with E-state index in [1.54, 1.807) is 18.1 Å². The van der Waals surface area contributed by atoms with Crippen LogP contribution in [0.2, 0.25) is 0 Å². The molecule has 4 aliphatic rings. The van der Waals surface area contributed by atoms with Crippen molar-refractivity contribution in [2.75, 3.05) is 11.6 Å². The van der Waals surface area contributed by atoms with Crippen LogP contribution in [0.1, 0.15) is 45.4 Å². The van der Waals surface area contributed by atoms with Crippen molar-refractivity contribution in [2.45, 2.75) is 56.5 Å². The summed E-state index contributed by atoms with van der Waals surface area (Å²) in [6.07, 6.45) is 12.6. The molecular weight excluding hydrogens is 278 g/mol. The van der Waals surface area contributed by atoms with E-state index in [4.69, 9.17) is 0 Å². The average Bonchev–Trinajstić information content (AvgIpc) is 2.46. The second-order valence-corrected chi connectivity index (χ2v) is 8.42. The fraction of sp³-hybridized carbons (Fsp3) is 0.765. The van der Waals surface area contributed by atoms with Crippen LogP contribution < -0.4 is 5.32 Å². The zero-order valence-corrected chi connectivity index (χ0v) is 13.8. The zero-order valence-electron chi connectivity index (χ0n) is 13.0. The smallest absolute Gasteiger partial charge is 0.130 e. The van der Waals surface area contributed by atoms with Crippen LogP contribution >= 0.6 is 11.8 Å². The van der Waals surface area contributed by atoms with E-state index in [1.807, 2.05) is 0 Å². The van der Waals surface area contributed by atoms with Crippen molar-refractivity contribution in [3.63, 3.8) is 0 Å². The summed E-state index contributed by atoms with van der Waals surface area (Å²) < 4.78 is 0. The van der Waals surface area contributed by atoms with E-state index in [1.165, 1.54) is 38.5 Å². The quantitative estimate of drug-likeness (QED) is 0.668. The van der Waals surface area contributed by atoms with Crippen LogP contribution in [-0.2, 0) is 0 Å². The lowest BCUT2D eigenvalue weighted by Gasteiger charge is -2.59. The molecule has 0 radical (unpaired) electrons. The fourth-order valence-electron chi connectivity index (χ4n) is 5.61. The molecule has 1 N–H and O–H groups in total. The second kappa shape index (κ2) is 5.15. The Morgan fingerprint density at radius 2 is 1.76 bits per heavy atom. The van der Waals surface area contributed by atoms with Crippen molar-refractivity contribution in [1.82, 2.24) is 9.97 Å². The van der Waals surface area contributed by atoms with Crippen molar-refractivity contribution in [3.05, 3.63) is 12.4 Å². The SMILES string of the molecule is CSc1cc(NC(C)C23CC4CC(CC(C4)C2)C3)ncn1. The molecular formula is C17H25N3S. The third-order valence-electron chi connectivity index (χ3n) is 6.22. The standard InChI is InChI=1S/C17H25N3S/c1-11(20-15-6-16(21-2)19-10-18-15)17-7-12-3-13(8-17)5-14(4-12)9-17/h6,10-14H,3-5,7-9H2,1-2H3,(H,18,19,20). The molecule has 4 bridgehead atoms. The van der Waals surface area contributed by atoms with Gasteiger partial charge in [-0.05, 0) is 74.9 Å². The number of nitrogens with zero attached hydrogens (tertiary/aromatic N) is 2. The van der Waals surface area contributed by atoms with Crippen LogP contribution in [0.4, 0.5) is 5.82 Å². The van der Waals surface area contributed by atoms with Gasteiger partial charge in [-0.1, -0.05) is 0 Å². The van der Waals surface area contributed by atoms with Gasteiger partial charge in [0.2, 0.25) is 0 Å². The number of hydrogen-bond donors (Lipinski definition) is 1. The lowest BCUT2D eigenvalue weighted by molar-refractivity contribution is -0.0603. The summed E-state index contributed by atoms with van der Waals surface area (Å²) in [6, 6.07) is 2.61. The Morgan fingerprint density at radius 3 is 2.33 bits per heavy atom. The molecule has 1 unspecified atom stereocenters. The van der Waals surface area contributed by atoms with E-state index in [2.05, 4.69) is 34.5 Å². The van der Waals surface area contributed by atoms with Crippen LogP contribution in [0.25, 0.3) is 0 Å². The van der Waals surface area contributed by atoms with Gasteiger partial charge in [0.15, 0.2) is 0 Å². The molecule has 1 heterocycles. The molecule has 0 saturated heterocycles. The van der Waals surface area contributed by atoms with Crippen molar-refractivity contribution >= 4 is 17.6 Å². The highest BCUT2D eigenvalue weighted by Crippen LogP contribution is 2.61. The Labute approximate surface area is 131 Å². The van der Waals surface area contributed by atoms with Gasteiger partial charge in [0.1, 0.15) is 17.2 Å². The van der Waals surface area contributed by atoms with E-state index in [0.29, 0.717) is 11.5 Å². The third-order valence-corrected chi connectivity index (χ3v) is 6.86. The van der Waals surface area contributed by atoms with Gasteiger partial charge in [-0.25, -0.2) is 9.97 Å². The van der Waals surface area contributed by atoms with E-state index >= 15 is 0 Å². The molecule has 4 aliphatic carbocycles. The number of anilines is 1. The first-order valence-corrected chi connectivity index (χ1v) is 9.52. The van der Waals surface area contributed by atoms with Gasteiger partial charge in [-0.2, -0.15) is 0 Å². The Balaban J connectivity index is 1.53. The van der Waals surface area contributed by atoms with Gasteiger partial charge >= 0.3 is 0 Å². The largest absolute Gasteiger partial charge is 0.367 e. The Morgan fingerprint density at radius 1 is 1.14 bits per heavy atom. The predicted molar refractivity (Wildman–Crippen MR) is 87.5 cm³/mol.